The Morgan fingerprint density at radius 2 is 1.92 bits per heavy atom. The third-order valence-corrected chi connectivity index (χ3v) is 4.94. The second-order valence-electron chi connectivity index (χ2n) is 6.48. The third kappa shape index (κ3) is 3.81. The molecular formula is C18H24ClN3O2. The summed E-state index contributed by atoms with van der Waals surface area (Å²) < 4.78 is 7.25. The van der Waals surface area contributed by atoms with E-state index in [1.807, 2.05) is 35.9 Å². The van der Waals surface area contributed by atoms with Gasteiger partial charge in [0.15, 0.2) is 0 Å². The zero-order chi connectivity index (χ0) is 17.2. The SMILES string of the molecule is Cc1nn(-c2ccc(Cl)cc2)c(C)c1CNCC1(O)CCOCC1. The third-order valence-electron chi connectivity index (χ3n) is 4.69. The zero-order valence-corrected chi connectivity index (χ0v) is 14.9. The van der Waals surface area contributed by atoms with Crippen molar-refractivity contribution in [2.75, 3.05) is 19.8 Å². The Morgan fingerprint density at radius 1 is 1.25 bits per heavy atom. The van der Waals surface area contributed by atoms with Crippen molar-refractivity contribution >= 4 is 11.6 Å². The highest BCUT2D eigenvalue weighted by atomic mass is 35.5. The fourth-order valence-corrected chi connectivity index (χ4v) is 3.24. The van der Waals surface area contributed by atoms with Gasteiger partial charge in [0.05, 0.1) is 17.0 Å². The van der Waals surface area contributed by atoms with Crippen LogP contribution < -0.4 is 5.32 Å². The Hall–Kier alpha value is -1.40. The number of aromatic nitrogens is 2. The molecule has 1 aromatic heterocycles. The Morgan fingerprint density at radius 3 is 2.58 bits per heavy atom. The monoisotopic (exact) mass is 349 g/mol. The summed E-state index contributed by atoms with van der Waals surface area (Å²) in [6.07, 6.45) is 1.37. The molecule has 2 aromatic rings. The highest BCUT2D eigenvalue weighted by Crippen LogP contribution is 2.21. The molecule has 0 saturated carbocycles. The van der Waals surface area contributed by atoms with Gasteiger partial charge in [-0.2, -0.15) is 5.10 Å². The van der Waals surface area contributed by atoms with Gasteiger partial charge in [-0.05, 0) is 38.1 Å². The van der Waals surface area contributed by atoms with Crippen molar-refractivity contribution in [1.29, 1.82) is 0 Å². The number of aryl methyl sites for hydroxylation is 1. The molecule has 0 radical (unpaired) electrons. The maximum Gasteiger partial charge on any atom is 0.0815 e. The molecule has 1 saturated heterocycles. The van der Waals surface area contributed by atoms with Crippen molar-refractivity contribution in [2.45, 2.75) is 38.8 Å². The van der Waals surface area contributed by atoms with E-state index >= 15 is 0 Å². The van der Waals surface area contributed by atoms with Crippen LogP contribution in [0.3, 0.4) is 0 Å². The predicted octanol–water partition coefficient (Wildman–Crippen LogP) is 2.77. The van der Waals surface area contributed by atoms with Gasteiger partial charge in [0.2, 0.25) is 0 Å². The van der Waals surface area contributed by atoms with Crippen LogP contribution in [0.25, 0.3) is 5.69 Å². The Labute approximate surface area is 147 Å². The van der Waals surface area contributed by atoms with Crippen LogP contribution in [0.2, 0.25) is 5.02 Å². The molecule has 1 aromatic carbocycles. The molecule has 1 aliphatic rings. The van der Waals surface area contributed by atoms with Crippen LogP contribution in [0, 0.1) is 13.8 Å². The lowest BCUT2D eigenvalue weighted by atomic mass is 9.94. The summed E-state index contributed by atoms with van der Waals surface area (Å²) in [5.41, 5.74) is 3.59. The summed E-state index contributed by atoms with van der Waals surface area (Å²) in [4.78, 5) is 0. The number of aliphatic hydroxyl groups is 1. The molecule has 2 heterocycles. The second kappa shape index (κ2) is 7.23. The topological polar surface area (TPSA) is 59.3 Å². The van der Waals surface area contributed by atoms with Crippen molar-refractivity contribution in [1.82, 2.24) is 15.1 Å². The average Bonchev–Trinajstić information content (AvgIpc) is 2.84. The number of rotatable bonds is 5. The lowest BCUT2D eigenvalue weighted by molar-refractivity contribution is -0.0617. The zero-order valence-electron chi connectivity index (χ0n) is 14.2. The number of halogens is 1. The quantitative estimate of drug-likeness (QED) is 0.871. The van der Waals surface area contributed by atoms with E-state index in [1.165, 1.54) is 5.56 Å². The van der Waals surface area contributed by atoms with Gasteiger partial charge >= 0.3 is 0 Å². The number of hydrogen-bond donors (Lipinski definition) is 2. The van der Waals surface area contributed by atoms with Crippen molar-refractivity contribution in [3.05, 3.63) is 46.2 Å². The molecule has 24 heavy (non-hydrogen) atoms. The summed E-state index contributed by atoms with van der Waals surface area (Å²) >= 11 is 5.96. The standard InChI is InChI=1S/C18H24ClN3O2/c1-13-17(11-20-12-18(23)7-9-24-10-8-18)14(2)22(21-13)16-5-3-15(19)4-6-16/h3-6,20,23H,7-12H2,1-2H3. The van der Waals surface area contributed by atoms with E-state index in [0.29, 0.717) is 44.2 Å². The molecule has 0 unspecified atom stereocenters. The van der Waals surface area contributed by atoms with Gasteiger partial charge in [-0.3, -0.25) is 0 Å². The molecular weight excluding hydrogens is 326 g/mol. The first-order chi connectivity index (χ1) is 11.5. The molecule has 1 fully saturated rings. The first-order valence-corrected chi connectivity index (χ1v) is 8.68. The van der Waals surface area contributed by atoms with Crippen LogP contribution in [0.4, 0.5) is 0 Å². The summed E-state index contributed by atoms with van der Waals surface area (Å²) in [6, 6.07) is 7.66. The number of hydrogen-bond acceptors (Lipinski definition) is 4. The molecule has 3 rings (SSSR count). The van der Waals surface area contributed by atoms with Crippen molar-refractivity contribution < 1.29 is 9.84 Å². The number of nitrogens with one attached hydrogen (secondary N) is 1. The minimum Gasteiger partial charge on any atom is -0.388 e. The van der Waals surface area contributed by atoms with E-state index in [9.17, 15) is 5.11 Å². The van der Waals surface area contributed by atoms with E-state index in [2.05, 4.69) is 17.3 Å². The summed E-state index contributed by atoms with van der Waals surface area (Å²) in [5.74, 6) is 0. The van der Waals surface area contributed by atoms with Gasteiger partial charge < -0.3 is 15.2 Å². The van der Waals surface area contributed by atoms with Gasteiger partial charge in [0.25, 0.3) is 0 Å². The van der Waals surface area contributed by atoms with E-state index in [0.717, 1.165) is 17.1 Å². The Balaban J connectivity index is 1.69. The van der Waals surface area contributed by atoms with Crippen molar-refractivity contribution in [3.8, 4) is 5.69 Å². The molecule has 130 valence electrons. The number of nitrogens with zero attached hydrogens (tertiary/aromatic N) is 2. The van der Waals surface area contributed by atoms with Crippen LogP contribution >= 0.6 is 11.6 Å². The summed E-state index contributed by atoms with van der Waals surface area (Å²) in [6.45, 7) is 6.60. The number of ether oxygens (including phenoxy) is 1. The first-order valence-electron chi connectivity index (χ1n) is 8.30. The molecule has 2 N–H and O–H groups in total. The minimum atomic E-state index is -0.660. The van der Waals surface area contributed by atoms with Gasteiger partial charge in [-0.1, -0.05) is 11.6 Å². The van der Waals surface area contributed by atoms with E-state index in [1.54, 1.807) is 0 Å². The number of benzene rings is 1. The molecule has 0 spiro atoms. The van der Waals surface area contributed by atoms with Crippen LogP contribution in [0.15, 0.2) is 24.3 Å². The highest BCUT2D eigenvalue weighted by molar-refractivity contribution is 6.30. The highest BCUT2D eigenvalue weighted by Gasteiger charge is 2.29. The van der Waals surface area contributed by atoms with Crippen LogP contribution in [0.1, 0.15) is 29.8 Å². The summed E-state index contributed by atoms with van der Waals surface area (Å²) in [5, 5.41) is 19.3. The maximum atomic E-state index is 10.5. The normalized spacial score (nSPS) is 17.2. The van der Waals surface area contributed by atoms with Gasteiger partial charge in [-0.25, -0.2) is 4.68 Å². The van der Waals surface area contributed by atoms with Gasteiger partial charge in [0.1, 0.15) is 0 Å². The lowest BCUT2D eigenvalue weighted by Crippen LogP contribution is -2.44. The molecule has 6 heteroatoms. The Kier molecular flexibility index (Phi) is 5.25. The molecule has 0 amide bonds. The van der Waals surface area contributed by atoms with Crippen LogP contribution in [-0.4, -0.2) is 40.2 Å². The van der Waals surface area contributed by atoms with Gasteiger partial charge in [-0.15, -0.1) is 0 Å². The lowest BCUT2D eigenvalue weighted by Gasteiger charge is -2.32. The maximum absolute atomic E-state index is 10.5. The molecule has 1 aliphatic heterocycles. The first kappa shape index (κ1) is 17.4. The molecule has 0 aliphatic carbocycles. The molecule has 5 nitrogen and oxygen atoms in total. The van der Waals surface area contributed by atoms with Crippen molar-refractivity contribution in [2.24, 2.45) is 0 Å². The largest absolute Gasteiger partial charge is 0.388 e. The van der Waals surface area contributed by atoms with Crippen LogP contribution in [0.5, 0.6) is 0 Å². The predicted molar refractivity (Wildman–Crippen MR) is 94.8 cm³/mol. The van der Waals surface area contributed by atoms with Crippen LogP contribution in [-0.2, 0) is 11.3 Å². The van der Waals surface area contributed by atoms with E-state index < -0.39 is 5.60 Å². The van der Waals surface area contributed by atoms with E-state index in [-0.39, 0.29) is 0 Å². The average molecular weight is 350 g/mol. The fourth-order valence-electron chi connectivity index (χ4n) is 3.11. The Bertz CT molecular complexity index is 691. The second-order valence-corrected chi connectivity index (χ2v) is 6.91. The van der Waals surface area contributed by atoms with Gasteiger partial charge in [0, 0.05) is 55.4 Å². The van der Waals surface area contributed by atoms with Crippen molar-refractivity contribution in [3.63, 3.8) is 0 Å². The molecule has 0 bridgehead atoms. The fraction of sp³-hybridized carbons (Fsp3) is 0.500. The summed E-state index contributed by atoms with van der Waals surface area (Å²) in [7, 11) is 0. The minimum absolute atomic E-state index is 0.571. The smallest absolute Gasteiger partial charge is 0.0815 e. The molecule has 0 atom stereocenters. The van der Waals surface area contributed by atoms with E-state index in [4.69, 9.17) is 16.3 Å².